The third-order valence-electron chi connectivity index (χ3n) is 3.26. The van der Waals surface area contributed by atoms with E-state index in [1.54, 1.807) is 11.8 Å². The average Bonchev–Trinajstić information content (AvgIpc) is 2.54. The lowest BCUT2D eigenvalue weighted by molar-refractivity contribution is -0.139. The Labute approximate surface area is 129 Å². The quantitative estimate of drug-likeness (QED) is 0.651. The van der Waals surface area contributed by atoms with Crippen LogP contribution in [0.5, 0.6) is 0 Å². The Morgan fingerprint density at radius 3 is 2.48 bits per heavy atom. The molecule has 0 aliphatic heterocycles. The van der Waals surface area contributed by atoms with Crippen LogP contribution in [0.15, 0.2) is 53.4 Å². The second-order valence-corrected chi connectivity index (χ2v) is 5.42. The number of carbonyl (C=O) groups is 1. The molecule has 2 rings (SSSR count). The van der Waals surface area contributed by atoms with E-state index in [0.29, 0.717) is 13.0 Å². The lowest BCUT2D eigenvalue weighted by Gasteiger charge is -2.13. The topological polar surface area (TPSA) is 38.3 Å². The molecule has 0 unspecified atom stereocenters. The first-order valence-electron chi connectivity index (χ1n) is 6.75. The van der Waals surface area contributed by atoms with Crippen LogP contribution in [-0.2, 0) is 22.5 Å². The maximum atomic E-state index is 11.5. The summed E-state index contributed by atoms with van der Waals surface area (Å²) in [7, 11) is 1.41. The van der Waals surface area contributed by atoms with E-state index in [-0.39, 0.29) is 5.97 Å². The second kappa shape index (κ2) is 7.74. The van der Waals surface area contributed by atoms with Crippen molar-refractivity contribution in [1.29, 1.82) is 0 Å². The van der Waals surface area contributed by atoms with Gasteiger partial charge in [0.25, 0.3) is 0 Å². The van der Waals surface area contributed by atoms with E-state index in [0.717, 1.165) is 16.8 Å². The van der Waals surface area contributed by atoms with E-state index in [1.807, 2.05) is 36.4 Å². The molecule has 4 heteroatoms. The van der Waals surface area contributed by atoms with Crippen molar-refractivity contribution in [3.63, 3.8) is 0 Å². The molecular formula is C17H19NO2S. The van der Waals surface area contributed by atoms with Crippen LogP contribution in [-0.4, -0.2) is 19.3 Å². The summed E-state index contributed by atoms with van der Waals surface area (Å²) in [5.74, 6) is -0.216. The van der Waals surface area contributed by atoms with Crippen molar-refractivity contribution in [2.45, 2.75) is 17.9 Å². The van der Waals surface area contributed by atoms with Gasteiger partial charge < -0.3 is 10.1 Å². The summed E-state index contributed by atoms with van der Waals surface area (Å²) in [6.07, 6.45) is 2.37. The largest absolute Gasteiger partial charge is 0.469 e. The smallest absolute Gasteiger partial charge is 0.309 e. The zero-order chi connectivity index (χ0) is 15.1. The number of hydrogen-bond acceptors (Lipinski definition) is 4. The van der Waals surface area contributed by atoms with Gasteiger partial charge in [0.1, 0.15) is 0 Å². The molecule has 0 bridgehead atoms. The normalized spacial score (nSPS) is 10.2. The third-order valence-corrected chi connectivity index (χ3v) is 4.05. The number of hydrogen-bond donors (Lipinski definition) is 1. The molecule has 0 saturated heterocycles. The Hall–Kier alpha value is -1.94. The van der Waals surface area contributed by atoms with Gasteiger partial charge in [-0.05, 0) is 29.5 Å². The number of anilines is 1. The zero-order valence-electron chi connectivity index (χ0n) is 12.3. The van der Waals surface area contributed by atoms with Crippen LogP contribution in [0, 0.1) is 0 Å². The van der Waals surface area contributed by atoms with E-state index in [2.05, 4.69) is 23.7 Å². The first-order chi connectivity index (χ1) is 10.2. The summed E-state index contributed by atoms with van der Waals surface area (Å²) in [5, 5.41) is 3.44. The number of benzene rings is 2. The first kappa shape index (κ1) is 15.4. The summed E-state index contributed by atoms with van der Waals surface area (Å²) in [6.45, 7) is 0.685. The van der Waals surface area contributed by atoms with Gasteiger partial charge in [-0.3, -0.25) is 4.79 Å². The Kier molecular flexibility index (Phi) is 5.69. The fourth-order valence-corrected chi connectivity index (χ4v) is 2.69. The number of para-hydroxylation sites is 1. The fourth-order valence-electron chi connectivity index (χ4n) is 2.11. The van der Waals surface area contributed by atoms with Gasteiger partial charge >= 0.3 is 5.97 Å². The molecule has 0 amide bonds. The van der Waals surface area contributed by atoms with Gasteiger partial charge in [-0.1, -0.05) is 36.4 Å². The number of rotatable bonds is 6. The Bertz CT molecular complexity index is 613. The van der Waals surface area contributed by atoms with Gasteiger partial charge in [-0.25, -0.2) is 0 Å². The first-order valence-corrected chi connectivity index (χ1v) is 7.97. The van der Waals surface area contributed by atoms with Crippen molar-refractivity contribution in [3.05, 3.63) is 59.7 Å². The van der Waals surface area contributed by atoms with E-state index in [1.165, 1.54) is 12.0 Å². The summed E-state index contributed by atoms with van der Waals surface area (Å²) < 4.78 is 4.75. The van der Waals surface area contributed by atoms with Gasteiger partial charge in [-0.15, -0.1) is 11.8 Å². The predicted octanol–water partition coefficient (Wildman–Crippen LogP) is 3.74. The van der Waals surface area contributed by atoms with Gasteiger partial charge in [0, 0.05) is 17.1 Å². The molecule has 0 atom stereocenters. The summed E-state index contributed by atoms with van der Waals surface area (Å²) in [5.41, 5.74) is 3.22. The Morgan fingerprint density at radius 2 is 1.76 bits per heavy atom. The molecule has 110 valence electrons. The minimum Gasteiger partial charge on any atom is -0.469 e. The second-order valence-electron chi connectivity index (χ2n) is 4.58. The lowest BCUT2D eigenvalue weighted by atomic mass is 10.0. The highest BCUT2D eigenvalue weighted by atomic mass is 32.2. The van der Waals surface area contributed by atoms with Crippen molar-refractivity contribution in [2.24, 2.45) is 0 Å². The molecule has 0 spiro atoms. The van der Waals surface area contributed by atoms with Crippen LogP contribution in [0.25, 0.3) is 0 Å². The average molecular weight is 301 g/mol. The van der Waals surface area contributed by atoms with Gasteiger partial charge in [-0.2, -0.15) is 0 Å². The maximum Gasteiger partial charge on any atom is 0.309 e. The number of ether oxygens (including phenoxy) is 1. The van der Waals surface area contributed by atoms with Crippen LogP contribution < -0.4 is 5.32 Å². The van der Waals surface area contributed by atoms with Crippen LogP contribution >= 0.6 is 11.8 Å². The van der Waals surface area contributed by atoms with E-state index in [4.69, 9.17) is 4.74 Å². The van der Waals surface area contributed by atoms with Crippen molar-refractivity contribution < 1.29 is 9.53 Å². The van der Waals surface area contributed by atoms with E-state index >= 15 is 0 Å². The highest BCUT2D eigenvalue weighted by Crippen LogP contribution is 2.25. The molecule has 2 aromatic rings. The van der Waals surface area contributed by atoms with Gasteiger partial charge in [0.2, 0.25) is 0 Å². The summed E-state index contributed by atoms with van der Waals surface area (Å²) in [4.78, 5) is 12.7. The summed E-state index contributed by atoms with van der Waals surface area (Å²) >= 11 is 1.71. The number of nitrogens with one attached hydrogen (secondary N) is 1. The molecular weight excluding hydrogens is 282 g/mol. The lowest BCUT2D eigenvalue weighted by Crippen LogP contribution is -2.09. The monoisotopic (exact) mass is 301 g/mol. The van der Waals surface area contributed by atoms with Crippen molar-refractivity contribution in [2.75, 3.05) is 18.7 Å². The number of esters is 1. The highest BCUT2D eigenvalue weighted by Gasteiger charge is 2.08. The number of methoxy groups -OCH3 is 1. The van der Waals surface area contributed by atoms with Crippen LogP contribution in [0.1, 0.15) is 11.1 Å². The molecule has 2 aromatic carbocycles. The fraction of sp³-hybridized carbons (Fsp3) is 0.235. The molecule has 0 aliphatic rings. The van der Waals surface area contributed by atoms with Gasteiger partial charge in [0.15, 0.2) is 0 Å². The van der Waals surface area contributed by atoms with Crippen molar-refractivity contribution >= 4 is 23.4 Å². The van der Waals surface area contributed by atoms with Crippen LogP contribution in [0.3, 0.4) is 0 Å². The van der Waals surface area contributed by atoms with E-state index in [9.17, 15) is 4.79 Å². The maximum absolute atomic E-state index is 11.5. The molecule has 0 fully saturated rings. The van der Waals surface area contributed by atoms with Crippen LogP contribution in [0.2, 0.25) is 0 Å². The zero-order valence-corrected chi connectivity index (χ0v) is 13.1. The molecule has 0 aliphatic carbocycles. The third kappa shape index (κ3) is 4.26. The molecule has 0 heterocycles. The molecule has 3 nitrogen and oxygen atoms in total. The summed E-state index contributed by atoms with van der Waals surface area (Å²) in [6, 6.07) is 16.1. The highest BCUT2D eigenvalue weighted by molar-refractivity contribution is 7.98. The van der Waals surface area contributed by atoms with Crippen molar-refractivity contribution in [3.8, 4) is 0 Å². The minimum absolute atomic E-state index is 0.216. The Balaban J connectivity index is 2.11. The minimum atomic E-state index is -0.216. The SMILES string of the molecule is COC(=O)Cc1ccccc1CNc1ccccc1SC. The van der Waals surface area contributed by atoms with E-state index < -0.39 is 0 Å². The molecule has 0 saturated carbocycles. The molecule has 0 aromatic heterocycles. The number of thioether (sulfide) groups is 1. The van der Waals surface area contributed by atoms with Crippen LogP contribution in [0.4, 0.5) is 5.69 Å². The van der Waals surface area contributed by atoms with Crippen molar-refractivity contribution in [1.82, 2.24) is 0 Å². The molecule has 0 radical (unpaired) electrons. The number of carbonyl (C=O) groups excluding carboxylic acids is 1. The predicted molar refractivity (Wildman–Crippen MR) is 87.7 cm³/mol. The Morgan fingerprint density at radius 1 is 1.10 bits per heavy atom. The standard InChI is InChI=1S/C17H19NO2S/c1-20-17(19)11-13-7-3-4-8-14(13)12-18-15-9-5-6-10-16(15)21-2/h3-10,18H,11-12H2,1-2H3. The molecule has 1 N–H and O–H groups in total. The molecule has 21 heavy (non-hydrogen) atoms. The van der Waals surface area contributed by atoms with Gasteiger partial charge in [0.05, 0.1) is 13.5 Å².